The van der Waals surface area contributed by atoms with Crippen molar-refractivity contribution in [1.29, 1.82) is 0 Å². The van der Waals surface area contributed by atoms with Gasteiger partial charge in [-0.15, -0.1) is 0 Å². The molecule has 5 heteroatoms. The molecule has 2 aromatic carbocycles. The van der Waals surface area contributed by atoms with Crippen molar-refractivity contribution in [2.24, 2.45) is 5.73 Å². The van der Waals surface area contributed by atoms with Crippen LogP contribution in [0.5, 0.6) is 5.75 Å². The number of halogens is 3. The third-order valence-corrected chi connectivity index (χ3v) is 3.06. The van der Waals surface area contributed by atoms with Crippen molar-refractivity contribution in [3.8, 4) is 5.75 Å². The molecule has 0 amide bonds. The van der Waals surface area contributed by atoms with E-state index in [-0.39, 0.29) is 11.3 Å². The van der Waals surface area contributed by atoms with Crippen molar-refractivity contribution in [3.63, 3.8) is 0 Å². The summed E-state index contributed by atoms with van der Waals surface area (Å²) < 4.78 is 44.4. The Bertz CT molecular complexity index is 595. The third kappa shape index (κ3) is 2.88. The van der Waals surface area contributed by atoms with Crippen molar-refractivity contribution in [2.45, 2.75) is 25.6 Å². The van der Waals surface area contributed by atoms with Crippen molar-refractivity contribution < 1.29 is 17.9 Å². The van der Waals surface area contributed by atoms with Crippen molar-refractivity contribution >= 4 is 10.8 Å². The van der Waals surface area contributed by atoms with E-state index in [9.17, 15) is 13.2 Å². The van der Waals surface area contributed by atoms with E-state index in [1.165, 1.54) is 0 Å². The quantitative estimate of drug-likeness (QED) is 0.913. The van der Waals surface area contributed by atoms with Crippen LogP contribution in [0.3, 0.4) is 0 Å². The maximum absolute atomic E-state index is 13.0. The molecule has 0 fully saturated rings. The number of ether oxygens (including phenoxy) is 1. The summed E-state index contributed by atoms with van der Waals surface area (Å²) in [5.41, 5.74) is 5.41. The molecule has 2 N–H and O–H groups in total. The number of benzene rings is 2. The Kier molecular flexibility index (Phi) is 4.18. The molecule has 108 valence electrons. The SMILES string of the molecule is CCCOc1ccc2ccccc2c1[C@H](N)C(F)(F)F. The first-order valence-electron chi connectivity index (χ1n) is 6.42. The highest BCUT2D eigenvalue weighted by atomic mass is 19.4. The molecule has 0 saturated heterocycles. The predicted octanol–water partition coefficient (Wildman–Crippen LogP) is 4.19. The summed E-state index contributed by atoms with van der Waals surface area (Å²) >= 11 is 0. The lowest BCUT2D eigenvalue weighted by atomic mass is 9.97. The Hall–Kier alpha value is -1.75. The number of hydrogen-bond donors (Lipinski definition) is 1. The molecule has 0 unspecified atom stereocenters. The third-order valence-electron chi connectivity index (χ3n) is 3.06. The number of alkyl halides is 3. The highest BCUT2D eigenvalue weighted by molar-refractivity contribution is 5.88. The van der Waals surface area contributed by atoms with Crippen LogP contribution in [0, 0.1) is 0 Å². The van der Waals surface area contributed by atoms with Gasteiger partial charge in [0.2, 0.25) is 0 Å². The zero-order valence-corrected chi connectivity index (χ0v) is 11.1. The van der Waals surface area contributed by atoms with Crippen LogP contribution in [0.1, 0.15) is 24.9 Å². The van der Waals surface area contributed by atoms with E-state index in [2.05, 4.69) is 0 Å². The lowest BCUT2D eigenvalue weighted by Gasteiger charge is -2.21. The fraction of sp³-hybridized carbons (Fsp3) is 0.333. The van der Waals surface area contributed by atoms with Gasteiger partial charge in [0.25, 0.3) is 0 Å². The van der Waals surface area contributed by atoms with Crippen molar-refractivity contribution in [2.75, 3.05) is 6.61 Å². The van der Waals surface area contributed by atoms with Crippen LogP contribution in [-0.2, 0) is 0 Å². The second kappa shape index (κ2) is 5.71. The smallest absolute Gasteiger partial charge is 0.407 e. The normalized spacial score (nSPS) is 13.4. The molecule has 0 aliphatic heterocycles. The molecule has 20 heavy (non-hydrogen) atoms. The average molecular weight is 283 g/mol. The molecule has 0 radical (unpaired) electrons. The van der Waals surface area contributed by atoms with E-state index in [1.807, 2.05) is 6.92 Å². The van der Waals surface area contributed by atoms with Crippen LogP contribution in [0.15, 0.2) is 36.4 Å². The second-order valence-corrected chi connectivity index (χ2v) is 4.57. The molecule has 0 spiro atoms. The second-order valence-electron chi connectivity index (χ2n) is 4.57. The summed E-state index contributed by atoms with van der Waals surface area (Å²) in [6.07, 6.45) is -3.79. The monoisotopic (exact) mass is 283 g/mol. The van der Waals surface area contributed by atoms with Crippen LogP contribution in [-0.4, -0.2) is 12.8 Å². The summed E-state index contributed by atoms with van der Waals surface area (Å²) in [6.45, 7) is 2.25. The molecular weight excluding hydrogens is 267 g/mol. The molecule has 0 aliphatic carbocycles. The van der Waals surface area contributed by atoms with Gasteiger partial charge >= 0.3 is 6.18 Å². The van der Waals surface area contributed by atoms with Gasteiger partial charge in [-0.05, 0) is 23.3 Å². The summed E-state index contributed by atoms with van der Waals surface area (Å²) in [6, 6.07) is 8.10. The minimum atomic E-state index is -4.51. The van der Waals surface area contributed by atoms with Gasteiger partial charge in [-0.3, -0.25) is 0 Å². The van der Waals surface area contributed by atoms with Gasteiger partial charge in [-0.25, -0.2) is 0 Å². The van der Waals surface area contributed by atoms with Crippen molar-refractivity contribution in [3.05, 3.63) is 42.0 Å². The van der Waals surface area contributed by atoms with E-state index in [0.717, 1.165) is 0 Å². The van der Waals surface area contributed by atoms with Gasteiger partial charge < -0.3 is 10.5 Å². The highest BCUT2D eigenvalue weighted by Crippen LogP contribution is 2.39. The number of nitrogens with two attached hydrogens (primary N) is 1. The average Bonchev–Trinajstić information content (AvgIpc) is 2.42. The van der Waals surface area contributed by atoms with Crippen LogP contribution < -0.4 is 10.5 Å². The van der Waals surface area contributed by atoms with Gasteiger partial charge in [0.05, 0.1) is 6.61 Å². The minimum Gasteiger partial charge on any atom is -0.493 e. The van der Waals surface area contributed by atoms with E-state index in [4.69, 9.17) is 10.5 Å². The molecule has 0 aliphatic rings. The molecule has 0 heterocycles. The highest BCUT2D eigenvalue weighted by Gasteiger charge is 2.40. The van der Waals surface area contributed by atoms with E-state index < -0.39 is 12.2 Å². The van der Waals surface area contributed by atoms with Gasteiger partial charge in [0, 0.05) is 5.56 Å². The molecule has 2 rings (SSSR count). The molecule has 1 atom stereocenters. The first-order valence-corrected chi connectivity index (χ1v) is 6.42. The summed E-state index contributed by atoms with van der Waals surface area (Å²) in [4.78, 5) is 0. The van der Waals surface area contributed by atoms with Crippen molar-refractivity contribution in [1.82, 2.24) is 0 Å². The zero-order valence-electron chi connectivity index (χ0n) is 11.1. The number of fused-ring (bicyclic) bond motifs is 1. The largest absolute Gasteiger partial charge is 0.493 e. The Morgan fingerprint density at radius 3 is 2.50 bits per heavy atom. The maximum Gasteiger partial charge on any atom is 0.407 e. The van der Waals surface area contributed by atoms with E-state index in [1.54, 1.807) is 36.4 Å². The van der Waals surface area contributed by atoms with Gasteiger partial charge in [-0.1, -0.05) is 37.3 Å². The van der Waals surface area contributed by atoms with Gasteiger partial charge in [0.1, 0.15) is 11.8 Å². The van der Waals surface area contributed by atoms with Crippen LogP contribution in [0.25, 0.3) is 10.8 Å². The van der Waals surface area contributed by atoms with E-state index >= 15 is 0 Å². The molecular formula is C15H16F3NO. The first-order chi connectivity index (χ1) is 9.45. The predicted molar refractivity (Wildman–Crippen MR) is 72.7 cm³/mol. The van der Waals surface area contributed by atoms with Crippen LogP contribution >= 0.6 is 0 Å². The minimum absolute atomic E-state index is 0.00375. The lowest BCUT2D eigenvalue weighted by Crippen LogP contribution is -2.29. The Morgan fingerprint density at radius 1 is 1.15 bits per heavy atom. The van der Waals surface area contributed by atoms with E-state index in [0.29, 0.717) is 23.8 Å². The molecule has 0 aromatic heterocycles. The Morgan fingerprint density at radius 2 is 1.85 bits per heavy atom. The topological polar surface area (TPSA) is 35.2 Å². The van der Waals surface area contributed by atoms with Gasteiger partial charge in [0.15, 0.2) is 0 Å². The molecule has 0 saturated carbocycles. The fourth-order valence-corrected chi connectivity index (χ4v) is 2.10. The first kappa shape index (κ1) is 14.7. The zero-order chi connectivity index (χ0) is 14.8. The Labute approximate surface area is 115 Å². The van der Waals surface area contributed by atoms with Crippen LogP contribution in [0.4, 0.5) is 13.2 Å². The summed E-state index contributed by atoms with van der Waals surface area (Å²) in [7, 11) is 0. The standard InChI is InChI=1S/C15H16F3NO/c1-2-9-20-12-8-7-10-5-3-4-6-11(10)13(12)14(19)15(16,17)18/h3-8,14H,2,9,19H2,1H3/t14-/m0/s1. The van der Waals surface area contributed by atoms with Gasteiger partial charge in [-0.2, -0.15) is 13.2 Å². The summed E-state index contributed by atoms with van der Waals surface area (Å²) in [5, 5.41) is 1.19. The molecule has 2 aromatic rings. The van der Waals surface area contributed by atoms with Crippen LogP contribution in [0.2, 0.25) is 0 Å². The molecule has 2 nitrogen and oxygen atoms in total. The fourth-order valence-electron chi connectivity index (χ4n) is 2.10. The Balaban J connectivity index is 2.61. The maximum atomic E-state index is 13.0. The number of rotatable bonds is 4. The number of hydrogen-bond acceptors (Lipinski definition) is 2. The summed E-state index contributed by atoms with van der Waals surface area (Å²) in [5.74, 6) is 0.204. The molecule has 0 bridgehead atoms. The lowest BCUT2D eigenvalue weighted by molar-refractivity contribution is -0.149.